The molecule has 98 valence electrons. The normalized spacial score (nSPS) is 18.4. The second-order valence-electron chi connectivity index (χ2n) is 5.32. The van der Waals surface area contributed by atoms with Gasteiger partial charge in [0.05, 0.1) is 0 Å². The van der Waals surface area contributed by atoms with E-state index in [0.29, 0.717) is 25.9 Å². The summed E-state index contributed by atoms with van der Waals surface area (Å²) < 4.78 is 0. The van der Waals surface area contributed by atoms with E-state index in [1.54, 1.807) is 4.90 Å². The highest BCUT2D eigenvalue weighted by Crippen LogP contribution is 2.15. The van der Waals surface area contributed by atoms with Gasteiger partial charge < -0.3 is 16.0 Å². The number of nitrogens with two attached hydrogens (primary N) is 1. The Bertz CT molecular complexity index is 297. The maximum absolute atomic E-state index is 12.0. The maximum atomic E-state index is 12.0. The largest absolute Gasteiger partial charge is 0.352 e. The van der Waals surface area contributed by atoms with E-state index in [4.69, 9.17) is 5.73 Å². The van der Waals surface area contributed by atoms with E-state index in [1.165, 1.54) is 0 Å². The van der Waals surface area contributed by atoms with Crippen LogP contribution in [0.25, 0.3) is 0 Å². The van der Waals surface area contributed by atoms with Crippen LogP contribution in [0.2, 0.25) is 0 Å². The zero-order chi connectivity index (χ0) is 13.1. The van der Waals surface area contributed by atoms with Crippen molar-refractivity contribution in [3.05, 3.63) is 0 Å². The number of likely N-dealkylation sites (tertiary alicyclic amines) is 1. The molecule has 0 aliphatic carbocycles. The molecule has 2 amide bonds. The number of amides is 2. The summed E-state index contributed by atoms with van der Waals surface area (Å²) in [6.07, 6.45) is 2.06. The molecule has 0 spiro atoms. The molecule has 1 atom stereocenters. The van der Waals surface area contributed by atoms with Crippen LogP contribution < -0.4 is 11.1 Å². The van der Waals surface area contributed by atoms with E-state index < -0.39 is 5.54 Å². The third-order valence-corrected chi connectivity index (χ3v) is 2.89. The Morgan fingerprint density at radius 2 is 2.24 bits per heavy atom. The first kappa shape index (κ1) is 14.0. The minimum atomic E-state index is -0.428. The van der Waals surface area contributed by atoms with Crippen LogP contribution in [0.5, 0.6) is 0 Å². The van der Waals surface area contributed by atoms with Gasteiger partial charge in [0.2, 0.25) is 11.8 Å². The molecule has 1 heterocycles. The van der Waals surface area contributed by atoms with Gasteiger partial charge in [-0.1, -0.05) is 6.92 Å². The molecule has 5 heteroatoms. The fourth-order valence-corrected chi connectivity index (χ4v) is 1.98. The average molecular weight is 241 g/mol. The summed E-state index contributed by atoms with van der Waals surface area (Å²) in [5, 5.41) is 2.81. The number of carbonyl (C=O) groups excluding carboxylic acids is 2. The summed E-state index contributed by atoms with van der Waals surface area (Å²) in [4.78, 5) is 25.3. The third-order valence-electron chi connectivity index (χ3n) is 2.89. The van der Waals surface area contributed by atoms with E-state index >= 15 is 0 Å². The lowest BCUT2D eigenvalue weighted by Gasteiger charge is -2.27. The summed E-state index contributed by atoms with van der Waals surface area (Å²) >= 11 is 0. The molecule has 0 aromatic heterocycles. The Morgan fingerprint density at radius 3 is 2.65 bits per heavy atom. The lowest BCUT2D eigenvalue weighted by atomic mass is 10.1. The number of hydrogen-bond donors (Lipinski definition) is 2. The molecule has 0 aromatic rings. The van der Waals surface area contributed by atoms with E-state index in [2.05, 4.69) is 5.32 Å². The molecular formula is C12H23N3O2. The van der Waals surface area contributed by atoms with Crippen molar-refractivity contribution in [2.24, 2.45) is 5.73 Å². The smallest absolute Gasteiger partial charge is 0.242 e. The topological polar surface area (TPSA) is 75.4 Å². The van der Waals surface area contributed by atoms with Crippen LogP contribution in [0.4, 0.5) is 0 Å². The molecule has 0 radical (unpaired) electrons. The highest BCUT2D eigenvalue weighted by Gasteiger charge is 2.31. The molecule has 1 rings (SSSR count). The highest BCUT2D eigenvalue weighted by atomic mass is 16.2. The Balaban J connectivity index is 2.55. The third kappa shape index (κ3) is 4.00. The molecular weight excluding hydrogens is 218 g/mol. The Morgan fingerprint density at radius 1 is 1.59 bits per heavy atom. The van der Waals surface area contributed by atoms with Crippen LogP contribution in [0, 0.1) is 0 Å². The molecule has 0 saturated carbocycles. The molecule has 5 nitrogen and oxygen atoms in total. The summed E-state index contributed by atoms with van der Waals surface area (Å²) in [5.74, 6) is -0.0136. The van der Waals surface area contributed by atoms with Gasteiger partial charge in [-0.05, 0) is 26.7 Å². The summed E-state index contributed by atoms with van der Waals surface area (Å²) in [7, 11) is 0. The Kier molecular flexibility index (Phi) is 4.51. The van der Waals surface area contributed by atoms with Gasteiger partial charge in [0.25, 0.3) is 0 Å². The van der Waals surface area contributed by atoms with Crippen LogP contribution in [0.1, 0.15) is 40.0 Å². The highest BCUT2D eigenvalue weighted by molar-refractivity contribution is 5.88. The molecule has 1 aliphatic rings. The first-order valence-electron chi connectivity index (χ1n) is 6.21. The van der Waals surface area contributed by atoms with Gasteiger partial charge in [0.1, 0.15) is 6.04 Å². The van der Waals surface area contributed by atoms with E-state index in [-0.39, 0.29) is 17.9 Å². The predicted molar refractivity (Wildman–Crippen MR) is 66.3 cm³/mol. The first-order chi connectivity index (χ1) is 7.85. The first-order valence-corrected chi connectivity index (χ1v) is 6.21. The van der Waals surface area contributed by atoms with Crippen molar-refractivity contribution >= 4 is 11.8 Å². The minimum Gasteiger partial charge on any atom is -0.352 e. The average Bonchev–Trinajstić information content (AvgIpc) is 2.62. The van der Waals surface area contributed by atoms with Gasteiger partial charge in [-0.3, -0.25) is 9.59 Å². The monoisotopic (exact) mass is 241 g/mol. The van der Waals surface area contributed by atoms with Crippen molar-refractivity contribution < 1.29 is 9.59 Å². The fraction of sp³-hybridized carbons (Fsp3) is 0.833. The summed E-state index contributed by atoms with van der Waals surface area (Å²) in [5.41, 5.74) is 5.38. The summed E-state index contributed by atoms with van der Waals surface area (Å²) in [6, 6.07) is -0.340. The van der Waals surface area contributed by atoms with Gasteiger partial charge in [-0.25, -0.2) is 0 Å². The lowest BCUT2D eigenvalue weighted by molar-refractivity contribution is -0.137. The van der Waals surface area contributed by atoms with E-state index in [1.807, 2.05) is 20.8 Å². The molecule has 1 aliphatic heterocycles. The molecule has 0 aromatic carbocycles. The lowest BCUT2D eigenvalue weighted by Crippen LogP contribution is -2.52. The zero-order valence-corrected chi connectivity index (χ0v) is 11.0. The fourth-order valence-electron chi connectivity index (χ4n) is 1.98. The Labute approximate surface area is 103 Å². The second-order valence-corrected chi connectivity index (χ2v) is 5.32. The van der Waals surface area contributed by atoms with Gasteiger partial charge in [-0.15, -0.1) is 0 Å². The van der Waals surface area contributed by atoms with E-state index in [0.717, 1.165) is 6.42 Å². The molecule has 3 N–H and O–H groups in total. The second kappa shape index (κ2) is 5.49. The van der Waals surface area contributed by atoms with Gasteiger partial charge >= 0.3 is 0 Å². The number of hydrogen-bond acceptors (Lipinski definition) is 3. The molecule has 17 heavy (non-hydrogen) atoms. The van der Waals surface area contributed by atoms with Crippen LogP contribution in [-0.4, -0.2) is 41.4 Å². The zero-order valence-electron chi connectivity index (χ0n) is 11.0. The Hall–Kier alpha value is -1.10. The maximum Gasteiger partial charge on any atom is 0.242 e. The number of carbonyl (C=O) groups is 2. The van der Waals surface area contributed by atoms with Gasteiger partial charge in [0, 0.05) is 25.0 Å². The van der Waals surface area contributed by atoms with Crippen molar-refractivity contribution in [3.63, 3.8) is 0 Å². The van der Waals surface area contributed by atoms with Crippen LogP contribution in [0.3, 0.4) is 0 Å². The van der Waals surface area contributed by atoms with Crippen molar-refractivity contribution in [1.82, 2.24) is 10.2 Å². The number of nitrogens with one attached hydrogen (secondary N) is 1. The predicted octanol–water partition coefficient (Wildman–Crippen LogP) is 0.241. The van der Waals surface area contributed by atoms with Crippen molar-refractivity contribution in [2.45, 2.75) is 51.6 Å². The molecule has 0 bridgehead atoms. The van der Waals surface area contributed by atoms with Crippen molar-refractivity contribution in [2.75, 3.05) is 13.1 Å². The van der Waals surface area contributed by atoms with Crippen molar-refractivity contribution in [1.29, 1.82) is 0 Å². The van der Waals surface area contributed by atoms with Crippen molar-refractivity contribution in [3.8, 4) is 0 Å². The summed E-state index contributed by atoms with van der Waals surface area (Å²) in [6.45, 7) is 6.75. The number of rotatable bonds is 5. The van der Waals surface area contributed by atoms with Crippen LogP contribution >= 0.6 is 0 Å². The van der Waals surface area contributed by atoms with Crippen LogP contribution in [0.15, 0.2) is 0 Å². The molecule has 1 fully saturated rings. The standard InChI is InChI=1S/C12H23N3O2/c1-4-9(15-7-5-6-10(15)16)11(17)14-8-12(2,3)13/h9H,4-8,13H2,1-3H3,(H,14,17). The van der Waals surface area contributed by atoms with E-state index in [9.17, 15) is 9.59 Å². The van der Waals surface area contributed by atoms with Gasteiger partial charge in [0.15, 0.2) is 0 Å². The van der Waals surface area contributed by atoms with Crippen LogP contribution in [-0.2, 0) is 9.59 Å². The molecule has 1 saturated heterocycles. The van der Waals surface area contributed by atoms with Gasteiger partial charge in [-0.2, -0.15) is 0 Å². The quantitative estimate of drug-likeness (QED) is 0.724. The number of nitrogens with zero attached hydrogens (tertiary/aromatic N) is 1. The SMILES string of the molecule is CCC(C(=O)NCC(C)(C)N)N1CCCC1=O. The molecule has 1 unspecified atom stereocenters. The minimum absolute atomic E-state index is 0.0824.